The highest BCUT2D eigenvalue weighted by Crippen LogP contribution is 2.52. The highest BCUT2D eigenvalue weighted by Gasteiger charge is 2.34. The van der Waals surface area contributed by atoms with Crippen LogP contribution in [0.3, 0.4) is 0 Å². The molecule has 2 unspecified atom stereocenters. The highest BCUT2D eigenvalue weighted by molar-refractivity contribution is 7.56. The average Bonchev–Trinajstić information content (AvgIpc) is 2.10. The molecule has 1 fully saturated rings. The second-order valence-corrected chi connectivity index (χ2v) is 5.81. The lowest BCUT2D eigenvalue weighted by atomic mass is 10.1. The molecule has 1 aliphatic rings. The lowest BCUT2D eigenvalue weighted by Crippen LogP contribution is -2.30. The molecule has 0 amide bonds. The van der Waals surface area contributed by atoms with E-state index >= 15 is 0 Å². The van der Waals surface area contributed by atoms with Crippen molar-refractivity contribution in [2.75, 3.05) is 26.9 Å². The van der Waals surface area contributed by atoms with Crippen LogP contribution in [-0.2, 0) is 9.09 Å². The van der Waals surface area contributed by atoms with Gasteiger partial charge in [-0.25, -0.2) is 4.67 Å². The molecule has 12 heavy (non-hydrogen) atoms. The SMILES string of the molecule is C#CC1CCP(=O)(OC)N(C)C1. The van der Waals surface area contributed by atoms with E-state index < -0.39 is 7.52 Å². The van der Waals surface area contributed by atoms with Gasteiger partial charge in [-0.2, -0.15) is 0 Å². The Kier molecular flexibility index (Phi) is 2.95. The first-order chi connectivity index (χ1) is 5.62. The van der Waals surface area contributed by atoms with Gasteiger partial charge >= 0.3 is 0 Å². The van der Waals surface area contributed by atoms with Gasteiger partial charge in [-0.1, -0.05) is 0 Å². The zero-order chi connectivity index (χ0) is 9.19. The standard InChI is InChI=1S/C8H14NO2P/c1-4-8-5-6-12(10,11-3)9(2)7-8/h1,8H,5-7H2,2-3H3. The Balaban J connectivity index is 2.67. The predicted molar refractivity (Wildman–Crippen MR) is 49.1 cm³/mol. The Morgan fingerprint density at radius 1 is 1.75 bits per heavy atom. The van der Waals surface area contributed by atoms with Crippen LogP contribution in [0.1, 0.15) is 6.42 Å². The summed E-state index contributed by atoms with van der Waals surface area (Å²) in [7, 11) is 0.795. The minimum absolute atomic E-state index is 0.229. The highest BCUT2D eigenvalue weighted by atomic mass is 31.2. The van der Waals surface area contributed by atoms with Gasteiger partial charge in [0, 0.05) is 25.7 Å². The van der Waals surface area contributed by atoms with E-state index in [0.717, 1.165) is 6.42 Å². The molecule has 1 aliphatic heterocycles. The van der Waals surface area contributed by atoms with Gasteiger partial charge in [0.2, 0.25) is 0 Å². The summed E-state index contributed by atoms with van der Waals surface area (Å²) in [6, 6.07) is 0. The van der Waals surface area contributed by atoms with Crippen molar-refractivity contribution >= 4 is 7.52 Å². The first-order valence-electron chi connectivity index (χ1n) is 3.95. The number of nitrogens with zero attached hydrogens (tertiary/aromatic N) is 1. The number of terminal acetylenes is 1. The summed E-state index contributed by atoms with van der Waals surface area (Å²) >= 11 is 0. The number of rotatable bonds is 1. The molecule has 1 rings (SSSR count). The maximum absolute atomic E-state index is 11.8. The molecule has 0 aromatic carbocycles. The van der Waals surface area contributed by atoms with E-state index in [1.165, 1.54) is 7.11 Å². The number of hydrogen-bond donors (Lipinski definition) is 0. The van der Waals surface area contributed by atoms with Gasteiger partial charge < -0.3 is 4.52 Å². The van der Waals surface area contributed by atoms with Gasteiger partial charge in [-0.3, -0.25) is 4.57 Å². The summed E-state index contributed by atoms with van der Waals surface area (Å²) in [4.78, 5) is 0. The third-order valence-corrected chi connectivity index (χ3v) is 4.88. The molecule has 1 heterocycles. The summed E-state index contributed by atoms with van der Waals surface area (Å²) in [6.45, 7) is 0.682. The normalized spacial score (nSPS) is 37.6. The fourth-order valence-electron chi connectivity index (χ4n) is 1.39. The minimum Gasteiger partial charge on any atom is -0.321 e. The van der Waals surface area contributed by atoms with E-state index in [4.69, 9.17) is 10.9 Å². The smallest absolute Gasteiger partial charge is 0.271 e. The average molecular weight is 187 g/mol. The van der Waals surface area contributed by atoms with Crippen molar-refractivity contribution in [3.8, 4) is 12.3 Å². The van der Waals surface area contributed by atoms with Crippen molar-refractivity contribution in [2.45, 2.75) is 6.42 Å². The van der Waals surface area contributed by atoms with Crippen LogP contribution in [0.15, 0.2) is 0 Å². The van der Waals surface area contributed by atoms with Crippen molar-refractivity contribution in [3.05, 3.63) is 0 Å². The van der Waals surface area contributed by atoms with Crippen LogP contribution in [0.4, 0.5) is 0 Å². The van der Waals surface area contributed by atoms with Crippen molar-refractivity contribution in [2.24, 2.45) is 5.92 Å². The largest absolute Gasteiger partial charge is 0.321 e. The second kappa shape index (κ2) is 3.62. The van der Waals surface area contributed by atoms with E-state index in [2.05, 4.69) is 5.92 Å². The summed E-state index contributed by atoms with van der Waals surface area (Å²) in [6.07, 6.45) is 6.68. The molecule has 0 radical (unpaired) electrons. The van der Waals surface area contributed by atoms with Crippen LogP contribution in [0.2, 0.25) is 0 Å². The van der Waals surface area contributed by atoms with Gasteiger partial charge in [0.1, 0.15) is 0 Å². The van der Waals surface area contributed by atoms with Crippen LogP contribution in [0, 0.1) is 18.3 Å². The van der Waals surface area contributed by atoms with E-state index in [-0.39, 0.29) is 5.92 Å². The molecule has 68 valence electrons. The van der Waals surface area contributed by atoms with Crippen LogP contribution in [-0.4, -0.2) is 31.5 Å². The zero-order valence-electron chi connectivity index (χ0n) is 7.49. The zero-order valence-corrected chi connectivity index (χ0v) is 8.38. The Morgan fingerprint density at radius 2 is 2.42 bits per heavy atom. The molecule has 0 aliphatic carbocycles. The van der Waals surface area contributed by atoms with Gasteiger partial charge in [0.05, 0.1) is 0 Å². The van der Waals surface area contributed by atoms with E-state index in [1.54, 1.807) is 11.7 Å². The van der Waals surface area contributed by atoms with Gasteiger partial charge in [-0.05, 0) is 13.5 Å². The Labute approximate surface area is 73.6 Å². The third-order valence-electron chi connectivity index (χ3n) is 2.29. The van der Waals surface area contributed by atoms with Crippen molar-refractivity contribution in [1.82, 2.24) is 4.67 Å². The fourth-order valence-corrected chi connectivity index (χ4v) is 3.28. The predicted octanol–water partition coefficient (Wildman–Crippen LogP) is 1.41. The van der Waals surface area contributed by atoms with Crippen molar-refractivity contribution in [3.63, 3.8) is 0 Å². The molecule has 0 N–H and O–H groups in total. The lowest BCUT2D eigenvalue weighted by molar-refractivity contribution is 0.294. The molecular formula is C8H14NO2P. The molecule has 2 atom stereocenters. The van der Waals surface area contributed by atoms with Gasteiger partial charge in [-0.15, -0.1) is 12.3 Å². The molecule has 0 spiro atoms. The summed E-state index contributed by atoms with van der Waals surface area (Å²) < 4.78 is 18.6. The molecular weight excluding hydrogens is 173 g/mol. The summed E-state index contributed by atoms with van der Waals surface area (Å²) in [5, 5.41) is 0. The van der Waals surface area contributed by atoms with Crippen LogP contribution in [0.5, 0.6) is 0 Å². The molecule has 0 bridgehead atoms. The lowest BCUT2D eigenvalue weighted by Gasteiger charge is -2.33. The monoisotopic (exact) mass is 187 g/mol. The summed E-state index contributed by atoms with van der Waals surface area (Å²) in [5.41, 5.74) is 0. The second-order valence-electron chi connectivity index (χ2n) is 3.04. The van der Waals surface area contributed by atoms with E-state index in [0.29, 0.717) is 12.7 Å². The molecule has 0 aromatic rings. The van der Waals surface area contributed by atoms with E-state index in [1.807, 2.05) is 0 Å². The maximum atomic E-state index is 11.8. The first-order valence-corrected chi connectivity index (χ1v) is 5.71. The van der Waals surface area contributed by atoms with Crippen LogP contribution in [0.25, 0.3) is 0 Å². The van der Waals surface area contributed by atoms with E-state index in [9.17, 15) is 4.57 Å². The quantitative estimate of drug-likeness (QED) is 0.459. The minimum atomic E-state index is -2.50. The Bertz CT molecular complexity index is 246. The van der Waals surface area contributed by atoms with Crippen molar-refractivity contribution in [1.29, 1.82) is 0 Å². The van der Waals surface area contributed by atoms with Gasteiger partial charge in [0.15, 0.2) is 0 Å². The molecule has 1 saturated heterocycles. The number of hydrogen-bond acceptors (Lipinski definition) is 2. The van der Waals surface area contributed by atoms with Crippen LogP contribution >= 0.6 is 7.52 Å². The topological polar surface area (TPSA) is 29.5 Å². The Morgan fingerprint density at radius 3 is 2.83 bits per heavy atom. The van der Waals surface area contributed by atoms with Crippen LogP contribution < -0.4 is 0 Å². The molecule has 4 heteroatoms. The van der Waals surface area contributed by atoms with Gasteiger partial charge in [0.25, 0.3) is 7.52 Å². The van der Waals surface area contributed by atoms with Crippen molar-refractivity contribution < 1.29 is 9.09 Å². The third kappa shape index (κ3) is 1.72. The Hall–Kier alpha value is -0.290. The molecule has 0 aromatic heterocycles. The maximum Gasteiger partial charge on any atom is 0.271 e. The first kappa shape index (κ1) is 9.80. The summed E-state index contributed by atoms with van der Waals surface area (Å²) in [5.74, 6) is 2.91. The fraction of sp³-hybridized carbons (Fsp3) is 0.750. The molecule has 3 nitrogen and oxygen atoms in total. The molecule has 0 saturated carbocycles.